The molecule has 1 aliphatic rings. The third-order valence-electron chi connectivity index (χ3n) is 4.44. The molecule has 0 heterocycles. The Morgan fingerprint density at radius 1 is 1.22 bits per heavy atom. The molecule has 3 atom stereocenters. The van der Waals surface area contributed by atoms with Gasteiger partial charge >= 0.3 is 5.97 Å². The van der Waals surface area contributed by atoms with Gasteiger partial charge in [0.1, 0.15) is 0 Å². The zero-order valence-electron chi connectivity index (χ0n) is 12.6. The van der Waals surface area contributed by atoms with Crippen molar-refractivity contribution in [1.82, 2.24) is 4.90 Å². The van der Waals surface area contributed by atoms with Gasteiger partial charge in [0.15, 0.2) is 0 Å². The molecule has 3 nitrogen and oxygen atoms in total. The van der Waals surface area contributed by atoms with Gasteiger partial charge in [-0.1, -0.05) is 13.8 Å². The van der Waals surface area contributed by atoms with Crippen LogP contribution in [-0.4, -0.2) is 34.1 Å². The van der Waals surface area contributed by atoms with Gasteiger partial charge in [-0.15, -0.1) is 0 Å². The fourth-order valence-corrected chi connectivity index (χ4v) is 3.08. The lowest BCUT2D eigenvalue weighted by molar-refractivity contribution is -0.138. The van der Waals surface area contributed by atoms with E-state index >= 15 is 0 Å². The van der Waals surface area contributed by atoms with Crippen molar-refractivity contribution in [3.8, 4) is 0 Å². The van der Waals surface area contributed by atoms with Crippen LogP contribution in [0.5, 0.6) is 0 Å². The van der Waals surface area contributed by atoms with E-state index in [9.17, 15) is 4.79 Å². The first-order chi connectivity index (χ1) is 8.21. The fourth-order valence-electron chi connectivity index (χ4n) is 3.08. The molecule has 0 aromatic heterocycles. The lowest BCUT2D eigenvalue weighted by Crippen LogP contribution is -2.51. The number of hydrogen-bond acceptors (Lipinski definition) is 2. The quantitative estimate of drug-likeness (QED) is 0.837. The van der Waals surface area contributed by atoms with E-state index in [4.69, 9.17) is 5.11 Å². The molecular weight excluding hydrogens is 226 g/mol. The number of nitrogens with zero attached hydrogens (tertiary/aromatic N) is 1. The van der Waals surface area contributed by atoms with Gasteiger partial charge in [0.05, 0.1) is 6.42 Å². The van der Waals surface area contributed by atoms with E-state index in [0.29, 0.717) is 12.6 Å². The highest BCUT2D eigenvalue weighted by Crippen LogP contribution is 2.34. The van der Waals surface area contributed by atoms with Crippen LogP contribution in [0.15, 0.2) is 0 Å². The Hall–Kier alpha value is -0.570. The van der Waals surface area contributed by atoms with Crippen molar-refractivity contribution in [2.75, 3.05) is 6.54 Å². The number of carboxylic acid groups (broad SMARTS) is 1. The lowest BCUT2D eigenvalue weighted by atomic mass is 9.77. The van der Waals surface area contributed by atoms with Gasteiger partial charge in [-0.2, -0.15) is 0 Å². The highest BCUT2D eigenvalue weighted by Gasteiger charge is 2.33. The van der Waals surface area contributed by atoms with Crippen LogP contribution in [0.4, 0.5) is 0 Å². The van der Waals surface area contributed by atoms with E-state index in [1.807, 2.05) is 0 Å². The Bertz CT molecular complexity index is 283. The van der Waals surface area contributed by atoms with Crippen molar-refractivity contribution in [2.45, 2.75) is 71.9 Å². The van der Waals surface area contributed by atoms with Gasteiger partial charge in [0, 0.05) is 18.1 Å². The molecule has 1 fully saturated rings. The Morgan fingerprint density at radius 2 is 1.83 bits per heavy atom. The molecule has 0 aliphatic heterocycles. The van der Waals surface area contributed by atoms with Crippen LogP contribution >= 0.6 is 0 Å². The predicted molar refractivity (Wildman–Crippen MR) is 74.7 cm³/mol. The standard InChI is InChI=1S/C15H29NO2/c1-11-6-7-13(10-12(11)2)16(15(3,4)5)9-8-14(17)18/h11-13H,6-10H2,1-5H3,(H,17,18). The number of aliphatic carboxylic acids is 1. The summed E-state index contributed by atoms with van der Waals surface area (Å²) in [4.78, 5) is 13.2. The number of hydrogen-bond donors (Lipinski definition) is 1. The van der Waals surface area contributed by atoms with Crippen LogP contribution in [0, 0.1) is 11.8 Å². The maximum Gasteiger partial charge on any atom is 0.304 e. The first-order valence-electron chi connectivity index (χ1n) is 7.20. The van der Waals surface area contributed by atoms with Crippen LogP contribution in [0.1, 0.15) is 60.3 Å². The molecule has 0 saturated heterocycles. The van der Waals surface area contributed by atoms with Crippen molar-refractivity contribution in [1.29, 1.82) is 0 Å². The normalized spacial score (nSPS) is 29.6. The molecule has 0 radical (unpaired) electrons. The van der Waals surface area contributed by atoms with Crippen molar-refractivity contribution in [3.05, 3.63) is 0 Å². The van der Waals surface area contributed by atoms with Gasteiger partial charge in [0.2, 0.25) is 0 Å². The Labute approximate surface area is 112 Å². The molecule has 0 amide bonds. The summed E-state index contributed by atoms with van der Waals surface area (Å²) < 4.78 is 0. The maximum atomic E-state index is 10.8. The summed E-state index contributed by atoms with van der Waals surface area (Å²) in [5.41, 5.74) is 0.0560. The lowest BCUT2D eigenvalue weighted by Gasteiger charge is -2.45. The van der Waals surface area contributed by atoms with Crippen molar-refractivity contribution < 1.29 is 9.90 Å². The zero-order valence-corrected chi connectivity index (χ0v) is 12.6. The average Bonchev–Trinajstić information content (AvgIpc) is 2.21. The van der Waals surface area contributed by atoms with E-state index in [1.165, 1.54) is 19.3 Å². The van der Waals surface area contributed by atoms with E-state index in [2.05, 4.69) is 39.5 Å². The molecule has 1 saturated carbocycles. The predicted octanol–water partition coefficient (Wildman–Crippen LogP) is 3.39. The molecule has 3 unspecified atom stereocenters. The van der Waals surface area contributed by atoms with Gasteiger partial charge in [-0.3, -0.25) is 9.69 Å². The minimum absolute atomic E-state index is 0.0560. The van der Waals surface area contributed by atoms with Crippen LogP contribution in [0.2, 0.25) is 0 Å². The topological polar surface area (TPSA) is 40.5 Å². The molecule has 3 heteroatoms. The summed E-state index contributed by atoms with van der Waals surface area (Å²) in [6, 6.07) is 0.551. The second-order valence-electron chi connectivity index (χ2n) is 6.93. The maximum absolute atomic E-state index is 10.8. The van der Waals surface area contributed by atoms with Gasteiger partial charge in [0.25, 0.3) is 0 Å². The third kappa shape index (κ3) is 4.27. The Balaban J connectivity index is 2.68. The summed E-state index contributed by atoms with van der Waals surface area (Å²) in [5, 5.41) is 8.89. The van der Waals surface area contributed by atoms with Crippen molar-refractivity contribution in [3.63, 3.8) is 0 Å². The minimum Gasteiger partial charge on any atom is -0.481 e. The largest absolute Gasteiger partial charge is 0.481 e. The van der Waals surface area contributed by atoms with E-state index in [-0.39, 0.29) is 12.0 Å². The average molecular weight is 255 g/mol. The van der Waals surface area contributed by atoms with E-state index < -0.39 is 5.97 Å². The molecule has 1 N–H and O–H groups in total. The first kappa shape index (κ1) is 15.5. The molecule has 0 spiro atoms. The molecule has 106 valence electrons. The summed E-state index contributed by atoms with van der Waals surface area (Å²) in [7, 11) is 0. The highest BCUT2D eigenvalue weighted by molar-refractivity contribution is 5.66. The SMILES string of the molecule is CC1CCC(N(CCC(=O)O)C(C)(C)C)CC1C. The van der Waals surface area contributed by atoms with Gasteiger partial charge in [-0.05, 0) is 51.9 Å². The summed E-state index contributed by atoms with van der Waals surface area (Å²) in [5.74, 6) is 0.863. The van der Waals surface area contributed by atoms with Crippen molar-refractivity contribution >= 4 is 5.97 Å². The molecule has 0 aromatic carbocycles. The van der Waals surface area contributed by atoms with Gasteiger partial charge < -0.3 is 5.11 Å². The number of carbonyl (C=O) groups is 1. The summed E-state index contributed by atoms with van der Waals surface area (Å²) in [6.45, 7) is 11.9. The fraction of sp³-hybridized carbons (Fsp3) is 0.933. The monoisotopic (exact) mass is 255 g/mol. The number of carboxylic acids is 1. The molecule has 0 bridgehead atoms. The summed E-state index contributed by atoms with van der Waals surface area (Å²) in [6.07, 6.45) is 3.93. The Morgan fingerprint density at radius 3 is 2.28 bits per heavy atom. The second-order valence-corrected chi connectivity index (χ2v) is 6.93. The summed E-state index contributed by atoms with van der Waals surface area (Å²) >= 11 is 0. The van der Waals surface area contributed by atoms with Crippen LogP contribution < -0.4 is 0 Å². The van der Waals surface area contributed by atoms with Gasteiger partial charge in [-0.25, -0.2) is 0 Å². The highest BCUT2D eigenvalue weighted by atomic mass is 16.4. The van der Waals surface area contributed by atoms with E-state index in [0.717, 1.165) is 11.8 Å². The second kappa shape index (κ2) is 6.05. The third-order valence-corrected chi connectivity index (χ3v) is 4.44. The van der Waals surface area contributed by atoms with Crippen LogP contribution in [0.3, 0.4) is 0 Å². The van der Waals surface area contributed by atoms with Crippen molar-refractivity contribution in [2.24, 2.45) is 11.8 Å². The molecule has 18 heavy (non-hydrogen) atoms. The van der Waals surface area contributed by atoms with E-state index in [1.54, 1.807) is 0 Å². The smallest absolute Gasteiger partial charge is 0.304 e. The molecule has 1 aliphatic carbocycles. The zero-order chi connectivity index (χ0) is 13.9. The number of rotatable bonds is 4. The first-order valence-corrected chi connectivity index (χ1v) is 7.20. The Kier molecular flexibility index (Phi) is 5.20. The molecule has 1 rings (SSSR count). The van der Waals surface area contributed by atoms with Crippen LogP contribution in [0.25, 0.3) is 0 Å². The van der Waals surface area contributed by atoms with Crippen LogP contribution in [-0.2, 0) is 4.79 Å². The minimum atomic E-state index is -0.693. The molecule has 0 aromatic rings. The molecular formula is C15H29NO2.